The van der Waals surface area contributed by atoms with Gasteiger partial charge in [0.25, 0.3) is 11.8 Å². The van der Waals surface area contributed by atoms with Crippen molar-refractivity contribution in [1.82, 2.24) is 15.6 Å². The van der Waals surface area contributed by atoms with Crippen LogP contribution in [0, 0.1) is 0 Å². The van der Waals surface area contributed by atoms with Gasteiger partial charge < -0.3 is 20.1 Å². The smallest absolute Gasteiger partial charge is 0.251 e. The van der Waals surface area contributed by atoms with Gasteiger partial charge in [0.15, 0.2) is 0 Å². The number of benzene rings is 2. The largest absolute Gasteiger partial charge is 0.497 e. The summed E-state index contributed by atoms with van der Waals surface area (Å²) in [4.78, 5) is 30.1. The fourth-order valence-corrected chi connectivity index (χ4v) is 4.32. The van der Waals surface area contributed by atoms with E-state index >= 15 is 0 Å². The number of ether oxygens (including phenoxy) is 2. The van der Waals surface area contributed by atoms with Crippen molar-refractivity contribution in [2.45, 2.75) is 19.1 Å². The molecule has 2 amide bonds. The Kier molecular flexibility index (Phi) is 7.39. The molecule has 0 saturated heterocycles. The number of nitrogens with zero attached hydrogens (tertiary/aromatic N) is 1. The van der Waals surface area contributed by atoms with E-state index in [0.717, 1.165) is 21.2 Å². The molecule has 1 aromatic heterocycles. The highest BCUT2D eigenvalue weighted by atomic mass is 32.1. The Bertz CT molecular complexity index is 1210. The molecule has 7 nitrogen and oxygen atoms in total. The Morgan fingerprint density at radius 2 is 1.79 bits per heavy atom. The number of rotatable bonds is 8. The Morgan fingerprint density at radius 3 is 2.50 bits per heavy atom. The van der Waals surface area contributed by atoms with E-state index in [-0.39, 0.29) is 17.9 Å². The number of amides is 2. The van der Waals surface area contributed by atoms with Crippen molar-refractivity contribution in [3.8, 4) is 22.1 Å². The average Bonchev–Trinajstić information content (AvgIpc) is 3.37. The summed E-state index contributed by atoms with van der Waals surface area (Å²) in [5, 5.41) is 6.45. The van der Waals surface area contributed by atoms with Gasteiger partial charge in [-0.05, 0) is 48.5 Å². The van der Waals surface area contributed by atoms with E-state index in [1.807, 2.05) is 36.4 Å². The second kappa shape index (κ2) is 10.8. The highest BCUT2D eigenvalue weighted by Crippen LogP contribution is 2.27. The zero-order chi connectivity index (χ0) is 23.9. The molecule has 0 spiro atoms. The molecule has 1 aliphatic carbocycles. The number of thiazole rings is 1. The van der Waals surface area contributed by atoms with Crippen molar-refractivity contribution in [3.05, 3.63) is 89.0 Å². The van der Waals surface area contributed by atoms with Crippen LogP contribution in [0.15, 0.2) is 78.5 Å². The number of likely N-dealkylation sites (N-methyl/N-ethyl adjacent to an activating group) is 1. The van der Waals surface area contributed by atoms with Crippen LogP contribution in [-0.4, -0.2) is 37.1 Å². The summed E-state index contributed by atoms with van der Waals surface area (Å²) >= 11 is 1.53. The van der Waals surface area contributed by atoms with E-state index in [1.165, 1.54) is 11.3 Å². The molecule has 1 aliphatic rings. The van der Waals surface area contributed by atoms with Crippen LogP contribution in [0.5, 0.6) is 11.5 Å². The molecule has 1 heterocycles. The van der Waals surface area contributed by atoms with Crippen LogP contribution in [0.3, 0.4) is 0 Å². The van der Waals surface area contributed by atoms with Crippen molar-refractivity contribution < 1.29 is 19.1 Å². The molecule has 0 radical (unpaired) electrons. The second-order valence-electron chi connectivity index (χ2n) is 7.54. The van der Waals surface area contributed by atoms with Gasteiger partial charge in [-0.3, -0.25) is 9.59 Å². The lowest BCUT2D eigenvalue weighted by Crippen LogP contribution is -2.31. The first kappa shape index (κ1) is 23.3. The maximum Gasteiger partial charge on any atom is 0.251 e. The third-order valence-electron chi connectivity index (χ3n) is 5.31. The number of allylic oxidation sites excluding steroid dienone is 2. The minimum Gasteiger partial charge on any atom is -0.497 e. The Hall–Kier alpha value is -3.91. The van der Waals surface area contributed by atoms with Crippen LogP contribution in [0.2, 0.25) is 0 Å². The molecule has 4 rings (SSSR count). The van der Waals surface area contributed by atoms with Crippen LogP contribution >= 0.6 is 11.3 Å². The summed E-state index contributed by atoms with van der Waals surface area (Å²) < 4.78 is 11.2. The highest BCUT2D eigenvalue weighted by Gasteiger charge is 2.22. The van der Waals surface area contributed by atoms with Crippen molar-refractivity contribution >= 4 is 23.2 Å². The van der Waals surface area contributed by atoms with Crippen molar-refractivity contribution in [1.29, 1.82) is 0 Å². The monoisotopic (exact) mass is 475 g/mol. The molecule has 2 aromatic carbocycles. The Morgan fingerprint density at radius 1 is 1.06 bits per heavy atom. The molecule has 174 valence electrons. The average molecular weight is 476 g/mol. The summed E-state index contributed by atoms with van der Waals surface area (Å²) in [7, 11) is 3.23. The predicted octanol–water partition coefficient (Wildman–Crippen LogP) is 4.13. The molecule has 0 bridgehead atoms. The summed E-state index contributed by atoms with van der Waals surface area (Å²) in [6.07, 6.45) is 7.58. The molecule has 3 aromatic rings. The molecule has 8 heteroatoms. The lowest BCUT2D eigenvalue weighted by atomic mass is 10.0. The quantitative estimate of drug-likeness (QED) is 0.511. The maximum absolute atomic E-state index is 12.6. The maximum atomic E-state index is 12.6. The Balaban J connectivity index is 1.33. The van der Waals surface area contributed by atoms with Gasteiger partial charge in [0.1, 0.15) is 22.6 Å². The standard InChI is InChI=1S/C26H25N3O4S/c1-27-25(31)22-5-3-4-6-23(22)33-20-13-7-17(8-14-20)24(30)28-15-21-16-29-26(34-21)18-9-11-19(32-2)12-10-18/h3-5,7-14,16,23H,6,15H2,1-2H3,(H,27,31)(H,28,30). The predicted molar refractivity (Wildman–Crippen MR) is 132 cm³/mol. The fraction of sp³-hybridized carbons (Fsp3) is 0.192. The van der Waals surface area contributed by atoms with E-state index in [0.29, 0.717) is 29.9 Å². The minimum absolute atomic E-state index is 0.163. The SMILES string of the molecule is CNC(=O)C1=CC=CCC1Oc1ccc(C(=O)NCc2cnc(-c3ccc(OC)cc3)s2)cc1. The van der Waals surface area contributed by atoms with E-state index in [2.05, 4.69) is 15.6 Å². The highest BCUT2D eigenvalue weighted by molar-refractivity contribution is 7.15. The van der Waals surface area contributed by atoms with Gasteiger partial charge in [0.05, 0.1) is 19.2 Å². The second-order valence-corrected chi connectivity index (χ2v) is 8.65. The number of nitrogens with one attached hydrogen (secondary N) is 2. The number of hydrogen-bond acceptors (Lipinski definition) is 6. The summed E-state index contributed by atoms with van der Waals surface area (Å²) in [6.45, 7) is 0.388. The molecule has 34 heavy (non-hydrogen) atoms. The number of carbonyl (C=O) groups excluding carboxylic acids is 2. The van der Waals surface area contributed by atoms with E-state index in [4.69, 9.17) is 9.47 Å². The van der Waals surface area contributed by atoms with Gasteiger partial charge in [-0.15, -0.1) is 11.3 Å². The van der Waals surface area contributed by atoms with Gasteiger partial charge in [0.2, 0.25) is 0 Å². The zero-order valence-corrected chi connectivity index (χ0v) is 19.7. The third-order valence-corrected chi connectivity index (χ3v) is 6.35. The van der Waals surface area contributed by atoms with Crippen LogP contribution in [0.25, 0.3) is 10.6 Å². The van der Waals surface area contributed by atoms with E-state index in [1.54, 1.807) is 50.7 Å². The summed E-state index contributed by atoms with van der Waals surface area (Å²) in [5.41, 5.74) is 2.10. The number of carbonyl (C=O) groups is 2. The van der Waals surface area contributed by atoms with Crippen molar-refractivity contribution in [2.75, 3.05) is 14.2 Å². The molecule has 1 atom stereocenters. The zero-order valence-electron chi connectivity index (χ0n) is 18.9. The first-order valence-corrected chi connectivity index (χ1v) is 11.6. The molecule has 1 unspecified atom stereocenters. The van der Waals surface area contributed by atoms with Gasteiger partial charge in [0, 0.05) is 35.7 Å². The van der Waals surface area contributed by atoms with E-state index in [9.17, 15) is 9.59 Å². The molecular formula is C26H25N3O4S. The first-order valence-electron chi connectivity index (χ1n) is 10.8. The summed E-state index contributed by atoms with van der Waals surface area (Å²) in [6, 6.07) is 14.6. The van der Waals surface area contributed by atoms with Crippen molar-refractivity contribution in [3.63, 3.8) is 0 Å². The summed E-state index contributed by atoms with van der Waals surface area (Å²) in [5.74, 6) is 1.04. The molecular weight excluding hydrogens is 450 g/mol. The lowest BCUT2D eigenvalue weighted by molar-refractivity contribution is -0.117. The lowest BCUT2D eigenvalue weighted by Gasteiger charge is -2.22. The van der Waals surface area contributed by atoms with Gasteiger partial charge >= 0.3 is 0 Å². The molecule has 0 fully saturated rings. The van der Waals surface area contributed by atoms with Crippen LogP contribution in [0.1, 0.15) is 21.7 Å². The van der Waals surface area contributed by atoms with Crippen LogP contribution in [-0.2, 0) is 11.3 Å². The first-order chi connectivity index (χ1) is 16.6. The van der Waals surface area contributed by atoms with Crippen LogP contribution < -0.4 is 20.1 Å². The van der Waals surface area contributed by atoms with Gasteiger partial charge in [-0.25, -0.2) is 4.98 Å². The number of hydrogen-bond donors (Lipinski definition) is 2. The fourth-order valence-electron chi connectivity index (χ4n) is 3.46. The Labute approximate surface area is 202 Å². The normalized spacial score (nSPS) is 14.8. The number of methoxy groups -OCH3 is 1. The number of aromatic nitrogens is 1. The molecule has 2 N–H and O–H groups in total. The van der Waals surface area contributed by atoms with Crippen molar-refractivity contribution in [2.24, 2.45) is 0 Å². The van der Waals surface area contributed by atoms with Gasteiger partial charge in [-0.1, -0.05) is 18.2 Å². The third kappa shape index (κ3) is 5.52. The molecule has 0 saturated carbocycles. The van der Waals surface area contributed by atoms with Gasteiger partial charge in [-0.2, -0.15) is 0 Å². The topological polar surface area (TPSA) is 89.5 Å². The molecule has 0 aliphatic heterocycles. The minimum atomic E-state index is -0.365. The van der Waals surface area contributed by atoms with Crippen LogP contribution in [0.4, 0.5) is 0 Å². The van der Waals surface area contributed by atoms with E-state index < -0.39 is 0 Å².